The lowest BCUT2D eigenvalue weighted by molar-refractivity contribution is -0.140. The Kier molecular flexibility index (Phi) is 6.81. The van der Waals surface area contributed by atoms with Gasteiger partial charge in [-0.2, -0.15) is 11.8 Å². The molecule has 0 spiro atoms. The van der Waals surface area contributed by atoms with Crippen LogP contribution in [0.4, 0.5) is 0 Å². The topological polar surface area (TPSA) is 26.3 Å². The zero-order chi connectivity index (χ0) is 7.82. The van der Waals surface area contributed by atoms with Gasteiger partial charge in [0.15, 0.2) is 0 Å². The van der Waals surface area contributed by atoms with Gasteiger partial charge in [0.2, 0.25) is 0 Å². The van der Waals surface area contributed by atoms with Crippen LogP contribution in [0, 0.1) is 0 Å². The predicted molar refractivity (Wildman–Crippen MR) is 44.2 cm³/mol. The molecule has 0 saturated heterocycles. The monoisotopic (exact) mass is 162 g/mol. The largest absolute Gasteiger partial charge is 0.465 e. The van der Waals surface area contributed by atoms with E-state index in [-0.39, 0.29) is 5.97 Å². The van der Waals surface area contributed by atoms with Gasteiger partial charge in [-0.15, -0.1) is 0 Å². The number of esters is 1. The smallest absolute Gasteiger partial charge is 0.315 e. The number of hydrogen-bond donors (Lipinski definition) is 0. The molecule has 0 unspecified atom stereocenters. The summed E-state index contributed by atoms with van der Waals surface area (Å²) in [6, 6.07) is 0. The maximum absolute atomic E-state index is 10.7. The molecular weight excluding hydrogens is 148 g/mol. The molecule has 0 rings (SSSR count). The van der Waals surface area contributed by atoms with E-state index in [4.69, 9.17) is 4.74 Å². The van der Waals surface area contributed by atoms with Crippen molar-refractivity contribution in [3.05, 3.63) is 0 Å². The third-order valence-electron chi connectivity index (χ3n) is 1.02. The van der Waals surface area contributed by atoms with E-state index in [2.05, 4.69) is 6.92 Å². The van der Waals surface area contributed by atoms with Gasteiger partial charge in [0.05, 0.1) is 12.4 Å². The summed E-state index contributed by atoms with van der Waals surface area (Å²) in [6.45, 7) is 2.65. The Morgan fingerprint density at radius 1 is 1.60 bits per heavy atom. The van der Waals surface area contributed by atoms with E-state index in [9.17, 15) is 4.79 Å². The molecule has 0 aliphatic rings. The zero-order valence-corrected chi connectivity index (χ0v) is 7.37. The molecule has 0 aromatic carbocycles. The normalized spacial score (nSPS) is 9.40. The van der Waals surface area contributed by atoms with Crippen molar-refractivity contribution >= 4 is 17.7 Å². The van der Waals surface area contributed by atoms with Crippen LogP contribution in [-0.4, -0.2) is 24.6 Å². The third-order valence-corrected chi connectivity index (χ3v) is 1.55. The minimum atomic E-state index is -0.0963. The summed E-state index contributed by atoms with van der Waals surface area (Å²) in [5.41, 5.74) is 0. The molecule has 0 aromatic heterocycles. The van der Waals surface area contributed by atoms with Crippen molar-refractivity contribution in [1.29, 1.82) is 0 Å². The molecule has 0 aliphatic heterocycles. The van der Waals surface area contributed by atoms with Crippen LogP contribution in [0.1, 0.15) is 19.8 Å². The van der Waals surface area contributed by atoms with Crippen LogP contribution in [0.25, 0.3) is 0 Å². The fourth-order valence-electron chi connectivity index (χ4n) is 0.490. The Morgan fingerprint density at radius 3 is 2.80 bits per heavy atom. The van der Waals surface area contributed by atoms with Crippen LogP contribution in [0.3, 0.4) is 0 Å². The second kappa shape index (κ2) is 6.93. The molecule has 0 saturated carbocycles. The maximum atomic E-state index is 10.7. The number of thioether (sulfide) groups is 1. The lowest BCUT2D eigenvalue weighted by Crippen LogP contribution is -2.07. The first-order valence-electron chi connectivity index (χ1n) is 3.45. The fourth-order valence-corrected chi connectivity index (χ4v) is 0.809. The van der Waals surface area contributed by atoms with Crippen LogP contribution in [0.15, 0.2) is 0 Å². The Labute approximate surface area is 66.3 Å². The molecule has 0 N–H and O–H groups in total. The van der Waals surface area contributed by atoms with Crippen molar-refractivity contribution < 1.29 is 9.53 Å². The minimum absolute atomic E-state index is 0.0963. The number of carbonyl (C=O) groups is 1. The van der Waals surface area contributed by atoms with E-state index in [0.717, 1.165) is 12.8 Å². The first-order valence-corrected chi connectivity index (χ1v) is 4.85. The molecule has 0 bridgehead atoms. The lowest BCUT2D eigenvalue weighted by atomic mass is 10.4. The second-order valence-corrected chi connectivity index (χ2v) is 2.87. The highest BCUT2D eigenvalue weighted by molar-refractivity contribution is 7.99. The number of rotatable bonds is 5. The first kappa shape index (κ1) is 9.82. The number of hydrogen-bond acceptors (Lipinski definition) is 3. The van der Waals surface area contributed by atoms with Crippen molar-refractivity contribution in [2.45, 2.75) is 19.8 Å². The fraction of sp³-hybridized carbons (Fsp3) is 0.857. The molecule has 0 heterocycles. The number of ether oxygens (including phenoxy) is 1. The lowest BCUT2D eigenvalue weighted by Gasteiger charge is -2.00. The minimum Gasteiger partial charge on any atom is -0.465 e. The van der Waals surface area contributed by atoms with Gasteiger partial charge in [-0.1, -0.05) is 13.3 Å². The second-order valence-electron chi connectivity index (χ2n) is 2.01. The summed E-state index contributed by atoms with van der Waals surface area (Å²) >= 11 is 1.49. The van der Waals surface area contributed by atoms with Gasteiger partial charge < -0.3 is 4.74 Å². The quantitative estimate of drug-likeness (QED) is 0.454. The van der Waals surface area contributed by atoms with Crippen molar-refractivity contribution in [2.24, 2.45) is 0 Å². The van der Waals surface area contributed by atoms with Gasteiger partial charge in [0, 0.05) is 0 Å². The summed E-state index contributed by atoms with van der Waals surface area (Å²) < 4.78 is 4.86. The molecule has 10 heavy (non-hydrogen) atoms. The van der Waals surface area contributed by atoms with Crippen LogP contribution in [0.5, 0.6) is 0 Å². The molecule has 0 fully saturated rings. The Bertz CT molecular complexity index is 93.6. The maximum Gasteiger partial charge on any atom is 0.315 e. The van der Waals surface area contributed by atoms with Crippen molar-refractivity contribution in [3.63, 3.8) is 0 Å². The Morgan fingerprint density at radius 2 is 2.30 bits per heavy atom. The number of unbranched alkanes of at least 4 members (excludes halogenated alkanes) is 1. The third kappa shape index (κ3) is 5.95. The molecule has 0 aliphatic carbocycles. The Hall–Kier alpha value is -0.180. The highest BCUT2D eigenvalue weighted by Gasteiger charge is 1.98. The van der Waals surface area contributed by atoms with Crippen LogP contribution < -0.4 is 0 Å². The zero-order valence-electron chi connectivity index (χ0n) is 6.55. The molecule has 0 amide bonds. The van der Waals surface area contributed by atoms with Crippen molar-refractivity contribution in [1.82, 2.24) is 0 Å². The molecular formula is C7H14O2S. The van der Waals surface area contributed by atoms with Crippen molar-refractivity contribution in [3.8, 4) is 0 Å². The van der Waals surface area contributed by atoms with Gasteiger partial charge in [0.25, 0.3) is 0 Å². The van der Waals surface area contributed by atoms with E-state index >= 15 is 0 Å². The number of carbonyl (C=O) groups excluding carboxylic acids is 1. The van der Waals surface area contributed by atoms with Crippen LogP contribution >= 0.6 is 11.8 Å². The summed E-state index contributed by atoms with van der Waals surface area (Å²) in [6.07, 6.45) is 3.94. The van der Waals surface area contributed by atoms with E-state index < -0.39 is 0 Å². The summed E-state index contributed by atoms with van der Waals surface area (Å²) in [5.74, 6) is 0.380. The summed E-state index contributed by atoms with van der Waals surface area (Å²) in [4.78, 5) is 10.7. The average Bonchev–Trinajstić information content (AvgIpc) is 1.89. The van der Waals surface area contributed by atoms with E-state index in [1.807, 2.05) is 6.26 Å². The van der Waals surface area contributed by atoms with Gasteiger partial charge in [-0.3, -0.25) is 4.79 Å². The highest BCUT2D eigenvalue weighted by Crippen LogP contribution is 1.94. The molecule has 3 heteroatoms. The summed E-state index contributed by atoms with van der Waals surface area (Å²) in [5, 5.41) is 0. The standard InChI is InChI=1S/C7H14O2S/c1-3-4-5-9-7(8)6-10-2/h3-6H2,1-2H3. The molecule has 2 nitrogen and oxygen atoms in total. The van der Waals surface area contributed by atoms with Gasteiger partial charge in [-0.25, -0.2) is 0 Å². The van der Waals surface area contributed by atoms with E-state index in [1.165, 1.54) is 11.8 Å². The van der Waals surface area contributed by atoms with E-state index in [0.29, 0.717) is 12.4 Å². The van der Waals surface area contributed by atoms with Crippen LogP contribution in [0.2, 0.25) is 0 Å². The average molecular weight is 162 g/mol. The van der Waals surface area contributed by atoms with Crippen LogP contribution in [-0.2, 0) is 9.53 Å². The highest BCUT2D eigenvalue weighted by atomic mass is 32.2. The SMILES string of the molecule is CCCCOC(=O)CSC. The Balaban J connectivity index is 3.05. The first-order chi connectivity index (χ1) is 4.81. The summed E-state index contributed by atoms with van der Waals surface area (Å²) in [7, 11) is 0. The van der Waals surface area contributed by atoms with Crippen molar-refractivity contribution in [2.75, 3.05) is 18.6 Å². The van der Waals surface area contributed by atoms with Gasteiger partial charge >= 0.3 is 5.97 Å². The molecule has 0 atom stereocenters. The molecule has 60 valence electrons. The molecule has 0 radical (unpaired) electrons. The predicted octanol–water partition coefficient (Wildman–Crippen LogP) is 1.69. The van der Waals surface area contributed by atoms with Gasteiger partial charge in [0.1, 0.15) is 0 Å². The van der Waals surface area contributed by atoms with E-state index in [1.54, 1.807) is 0 Å². The molecule has 0 aromatic rings. The van der Waals surface area contributed by atoms with Gasteiger partial charge in [-0.05, 0) is 12.7 Å².